The number of carbonyl (C=O) groups is 1. The molecule has 1 aliphatic rings. The molecule has 0 aliphatic heterocycles. The van der Waals surface area contributed by atoms with E-state index in [-0.39, 0.29) is 5.91 Å². The van der Waals surface area contributed by atoms with Gasteiger partial charge in [0.15, 0.2) is 0 Å². The predicted octanol–water partition coefficient (Wildman–Crippen LogP) is 3.02. The number of carbonyl (C=O) groups excluding carboxylic acids is 1. The minimum Gasteiger partial charge on any atom is -0.356 e. The Kier molecular flexibility index (Phi) is 4.74. The third-order valence-corrected chi connectivity index (χ3v) is 4.64. The predicted molar refractivity (Wildman–Crippen MR) is 90.6 cm³/mol. The Hall–Kier alpha value is -1.87. The van der Waals surface area contributed by atoms with Crippen LogP contribution in [-0.2, 0) is 11.2 Å². The second-order valence-corrected chi connectivity index (χ2v) is 6.41. The first-order chi connectivity index (χ1) is 10.7. The minimum absolute atomic E-state index is 0.107. The fourth-order valence-corrected chi connectivity index (χ4v) is 3.46. The molecule has 2 unspecified atom stereocenters. The maximum Gasteiger partial charge on any atom is 0.224 e. The molecule has 0 saturated heterocycles. The van der Waals surface area contributed by atoms with E-state index in [0.717, 1.165) is 24.9 Å². The quantitative estimate of drug-likeness (QED) is 0.911. The van der Waals surface area contributed by atoms with Crippen molar-refractivity contribution in [1.82, 2.24) is 5.32 Å². The van der Waals surface area contributed by atoms with Crippen LogP contribution in [0.3, 0.4) is 0 Å². The van der Waals surface area contributed by atoms with Gasteiger partial charge in [-0.3, -0.25) is 4.79 Å². The van der Waals surface area contributed by atoms with E-state index < -0.39 is 0 Å². The van der Waals surface area contributed by atoms with Crippen molar-refractivity contribution in [2.75, 3.05) is 6.54 Å². The Morgan fingerprint density at radius 1 is 1.14 bits per heavy atom. The van der Waals surface area contributed by atoms with Crippen LogP contribution in [0.5, 0.6) is 0 Å². The molecule has 0 aromatic heterocycles. The van der Waals surface area contributed by atoms with Gasteiger partial charge in [0.2, 0.25) is 5.91 Å². The van der Waals surface area contributed by atoms with E-state index in [9.17, 15) is 4.79 Å². The highest BCUT2D eigenvalue weighted by Crippen LogP contribution is 2.22. The van der Waals surface area contributed by atoms with Crippen LogP contribution in [0.4, 0.5) is 0 Å². The molecular weight excluding hydrogens is 272 g/mol. The molecule has 1 fully saturated rings. The fourth-order valence-electron chi connectivity index (χ4n) is 3.46. The second-order valence-electron chi connectivity index (χ2n) is 6.41. The average molecular weight is 296 g/mol. The summed E-state index contributed by atoms with van der Waals surface area (Å²) in [6.07, 6.45) is 4.97. The summed E-state index contributed by atoms with van der Waals surface area (Å²) >= 11 is 0. The third kappa shape index (κ3) is 3.66. The van der Waals surface area contributed by atoms with E-state index in [1.54, 1.807) is 0 Å². The Morgan fingerprint density at radius 3 is 2.82 bits per heavy atom. The third-order valence-electron chi connectivity index (χ3n) is 4.64. The van der Waals surface area contributed by atoms with Gasteiger partial charge in [0.05, 0.1) is 6.42 Å². The zero-order valence-electron chi connectivity index (χ0n) is 12.9. The van der Waals surface area contributed by atoms with Gasteiger partial charge >= 0.3 is 0 Å². The Morgan fingerprint density at radius 2 is 1.95 bits per heavy atom. The van der Waals surface area contributed by atoms with Gasteiger partial charge in [-0.05, 0) is 41.5 Å². The van der Waals surface area contributed by atoms with Crippen molar-refractivity contribution in [2.24, 2.45) is 11.7 Å². The zero-order chi connectivity index (χ0) is 15.4. The van der Waals surface area contributed by atoms with Crippen molar-refractivity contribution in [1.29, 1.82) is 0 Å². The van der Waals surface area contributed by atoms with Crippen LogP contribution >= 0.6 is 0 Å². The molecule has 3 heteroatoms. The SMILES string of the molecule is NC1CCCC(CNC(=O)Cc2cccc3ccccc23)C1. The van der Waals surface area contributed by atoms with E-state index in [0.29, 0.717) is 18.4 Å². The van der Waals surface area contributed by atoms with E-state index in [1.165, 1.54) is 23.6 Å². The molecule has 2 aromatic rings. The summed E-state index contributed by atoms with van der Waals surface area (Å²) in [5.41, 5.74) is 7.10. The van der Waals surface area contributed by atoms with E-state index in [2.05, 4.69) is 23.5 Å². The lowest BCUT2D eigenvalue weighted by Crippen LogP contribution is -2.36. The lowest BCUT2D eigenvalue weighted by molar-refractivity contribution is -0.120. The summed E-state index contributed by atoms with van der Waals surface area (Å²) in [6.45, 7) is 0.761. The van der Waals surface area contributed by atoms with Crippen LogP contribution in [0.25, 0.3) is 10.8 Å². The number of fused-ring (bicyclic) bond motifs is 1. The fraction of sp³-hybridized carbons (Fsp3) is 0.421. The summed E-state index contributed by atoms with van der Waals surface area (Å²) in [6, 6.07) is 14.7. The molecule has 3 nitrogen and oxygen atoms in total. The molecule has 1 saturated carbocycles. The molecule has 0 spiro atoms. The molecule has 22 heavy (non-hydrogen) atoms. The highest BCUT2D eigenvalue weighted by molar-refractivity contribution is 5.90. The standard InChI is InChI=1S/C19H24N2O/c20-17-9-3-5-14(11-17)13-21-19(22)12-16-8-4-7-15-6-1-2-10-18(15)16/h1-2,4,6-8,10,14,17H,3,5,9,11-13,20H2,(H,21,22). The smallest absolute Gasteiger partial charge is 0.224 e. The molecule has 2 atom stereocenters. The van der Waals surface area contributed by atoms with Crippen molar-refractivity contribution in [2.45, 2.75) is 38.1 Å². The lowest BCUT2D eigenvalue weighted by atomic mass is 9.86. The maximum absolute atomic E-state index is 12.2. The zero-order valence-corrected chi connectivity index (χ0v) is 12.9. The van der Waals surface area contributed by atoms with Gasteiger partial charge in [-0.15, -0.1) is 0 Å². The van der Waals surface area contributed by atoms with Gasteiger partial charge in [-0.1, -0.05) is 48.9 Å². The topological polar surface area (TPSA) is 55.1 Å². The van der Waals surface area contributed by atoms with Crippen molar-refractivity contribution < 1.29 is 4.79 Å². The number of rotatable bonds is 4. The van der Waals surface area contributed by atoms with Crippen LogP contribution in [0.15, 0.2) is 42.5 Å². The van der Waals surface area contributed by atoms with Crippen molar-refractivity contribution >= 4 is 16.7 Å². The van der Waals surface area contributed by atoms with E-state index in [1.807, 2.05) is 24.3 Å². The summed E-state index contributed by atoms with van der Waals surface area (Å²) in [5.74, 6) is 0.649. The molecule has 3 rings (SSSR count). The van der Waals surface area contributed by atoms with Gasteiger partial charge in [0.25, 0.3) is 0 Å². The minimum atomic E-state index is 0.107. The van der Waals surface area contributed by atoms with E-state index in [4.69, 9.17) is 5.73 Å². The number of nitrogens with two attached hydrogens (primary N) is 1. The largest absolute Gasteiger partial charge is 0.356 e. The first-order valence-corrected chi connectivity index (χ1v) is 8.21. The molecule has 1 aliphatic carbocycles. The molecular formula is C19H24N2O. The monoisotopic (exact) mass is 296 g/mol. The normalized spacial score (nSPS) is 21.7. The summed E-state index contributed by atoms with van der Waals surface area (Å²) in [7, 11) is 0. The number of hydrogen-bond donors (Lipinski definition) is 2. The van der Waals surface area contributed by atoms with E-state index >= 15 is 0 Å². The van der Waals surface area contributed by atoms with Crippen molar-refractivity contribution in [3.8, 4) is 0 Å². The molecule has 2 aromatic carbocycles. The van der Waals surface area contributed by atoms with Crippen LogP contribution in [-0.4, -0.2) is 18.5 Å². The van der Waals surface area contributed by atoms with Crippen molar-refractivity contribution in [3.63, 3.8) is 0 Å². The van der Waals surface area contributed by atoms with Crippen LogP contribution < -0.4 is 11.1 Å². The Bertz CT molecular complexity index is 647. The summed E-state index contributed by atoms with van der Waals surface area (Å²) in [5, 5.41) is 5.44. The van der Waals surface area contributed by atoms with Crippen LogP contribution in [0.1, 0.15) is 31.2 Å². The highest BCUT2D eigenvalue weighted by Gasteiger charge is 2.19. The molecule has 0 radical (unpaired) electrons. The van der Waals surface area contributed by atoms with Gasteiger partial charge in [0, 0.05) is 12.6 Å². The second kappa shape index (κ2) is 6.93. The highest BCUT2D eigenvalue weighted by atomic mass is 16.1. The number of benzene rings is 2. The summed E-state index contributed by atoms with van der Waals surface area (Å²) in [4.78, 5) is 12.2. The molecule has 0 bridgehead atoms. The first-order valence-electron chi connectivity index (χ1n) is 8.21. The molecule has 3 N–H and O–H groups in total. The molecule has 116 valence electrons. The Labute approximate surface area is 131 Å². The lowest BCUT2D eigenvalue weighted by Gasteiger charge is -2.26. The van der Waals surface area contributed by atoms with Gasteiger partial charge in [0.1, 0.15) is 0 Å². The Balaban J connectivity index is 1.59. The number of amides is 1. The van der Waals surface area contributed by atoms with Gasteiger partial charge < -0.3 is 11.1 Å². The molecule has 0 heterocycles. The van der Waals surface area contributed by atoms with Crippen LogP contribution in [0.2, 0.25) is 0 Å². The van der Waals surface area contributed by atoms with Gasteiger partial charge in [-0.2, -0.15) is 0 Å². The average Bonchev–Trinajstić information content (AvgIpc) is 2.53. The van der Waals surface area contributed by atoms with Gasteiger partial charge in [-0.25, -0.2) is 0 Å². The number of nitrogens with one attached hydrogen (secondary N) is 1. The summed E-state index contributed by atoms with van der Waals surface area (Å²) < 4.78 is 0. The van der Waals surface area contributed by atoms with Crippen molar-refractivity contribution in [3.05, 3.63) is 48.0 Å². The van der Waals surface area contributed by atoms with Crippen LogP contribution in [0, 0.1) is 5.92 Å². The molecule has 1 amide bonds. The maximum atomic E-state index is 12.2. The number of hydrogen-bond acceptors (Lipinski definition) is 2. The first kappa shape index (κ1) is 15.0.